The number of fused-ring (bicyclic) bond motifs is 1. The lowest BCUT2D eigenvalue weighted by molar-refractivity contribution is 0.462. The minimum atomic E-state index is 0.0820. The summed E-state index contributed by atoms with van der Waals surface area (Å²) in [5.41, 5.74) is 1.99. The zero-order valence-electron chi connectivity index (χ0n) is 11.6. The number of halogens is 1. The highest BCUT2D eigenvalue weighted by Crippen LogP contribution is 2.33. The predicted octanol–water partition coefficient (Wildman–Crippen LogP) is 5.93. The number of phenols is 1. The fourth-order valence-corrected chi connectivity index (χ4v) is 3.61. The van der Waals surface area contributed by atoms with Crippen LogP contribution in [0.4, 0.5) is 5.69 Å². The number of hydrogen-bond acceptors (Lipinski definition) is 3. The number of nitrogens with one attached hydrogen (secondary N) is 1. The van der Waals surface area contributed by atoms with E-state index in [-0.39, 0.29) is 6.04 Å². The molecule has 0 saturated carbocycles. The van der Waals surface area contributed by atoms with E-state index in [4.69, 9.17) is 0 Å². The summed E-state index contributed by atoms with van der Waals surface area (Å²) in [6.07, 6.45) is 0.895. The van der Waals surface area contributed by atoms with Crippen LogP contribution in [0.25, 0.3) is 10.1 Å². The van der Waals surface area contributed by atoms with Crippen LogP contribution in [-0.4, -0.2) is 5.11 Å². The van der Waals surface area contributed by atoms with E-state index >= 15 is 0 Å². The third-order valence-electron chi connectivity index (χ3n) is 3.57. The molecule has 3 aromatic rings. The van der Waals surface area contributed by atoms with Crippen molar-refractivity contribution >= 4 is 43.0 Å². The molecule has 108 valence electrons. The highest BCUT2D eigenvalue weighted by Gasteiger charge is 2.14. The molecule has 2 nitrogen and oxygen atoms in total. The minimum Gasteiger partial charge on any atom is -0.508 e. The van der Waals surface area contributed by atoms with Crippen molar-refractivity contribution in [3.8, 4) is 5.75 Å². The molecule has 0 aliphatic heterocycles. The van der Waals surface area contributed by atoms with Crippen LogP contribution < -0.4 is 5.32 Å². The molecule has 0 bridgehead atoms. The lowest BCUT2D eigenvalue weighted by Gasteiger charge is -2.20. The zero-order chi connectivity index (χ0) is 14.8. The van der Waals surface area contributed by atoms with Gasteiger partial charge in [0, 0.05) is 20.4 Å². The Morgan fingerprint density at radius 2 is 2.05 bits per heavy atom. The molecular weight excluding hydrogens is 346 g/mol. The Labute approximate surface area is 136 Å². The van der Waals surface area contributed by atoms with Crippen molar-refractivity contribution in [3.05, 3.63) is 57.9 Å². The third kappa shape index (κ3) is 3.06. The molecular formula is C17H16BrNOS. The lowest BCUT2D eigenvalue weighted by Crippen LogP contribution is -2.09. The standard InChI is InChI=1S/C17H16BrNOS/c1-2-15(14-10-12(18)3-5-16(14)20)19-13-4-6-17-11(9-13)7-8-21-17/h3-10,15,19-20H,2H2,1H3. The average molecular weight is 362 g/mol. The van der Waals surface area contributed by atoms with Gasteiger partial charge in [-0.1, -0.05) is 22.9 Å². The van der Waals surface area contributed by atoms with Gasteiger partial charge in [-0.25, -0.2) is 0 Å². The second kappa shape index (κ2) is 6.08. The summed E-state index contributed by atoms with van der Waals surface area (Å²) in [6.45, 7) is 2.11. The molecule has 21 heavy (non-hydrogen) atoms. The topological polar surface area (TPSA) is 32.3 Å². The van der Waals surface area contributed by atoms with Gasteiger partial charge in [-0.3, -0.25) is 0 Å². The summed E-state index contributed by atoms with van der Waals surface area (Å²) in [7, 11) is 0. The molecule has 1 unspecified atom stereocenters. The van der Waals surface area contributed by atoms with Crippen molar-refractivity contribution in [2.45, 2.75) is 19.4 Å². The fourth-order valence-electron chi connectivity index (χ4n) is 2.46. The lowest BCUT2D eigenvalue weighted by atomic mass is 10.0. The number of aromatic hydroxyl groups is 1. The van der Waals surface area contributed by atoms with Crippen LogP contribution >= 0.6 is 27.3 Å². The molecule has 3 rings (SSSR count). The van der Waals surface area contributed by atoms with E-state index in [9.17, 15) is 5.11 Å². The van der Waals surface area contributed by atoms with Crippen LogP contribution in [0.2, 0.25) is 0 Å². The monoisotopic (exact) mass is 361 g/mol. The molecule has 2 N–H and O–H groups in total. The van der Waals surface area contributed by atoms with Crippen molar-refractivity contribution < 1.29 is 5.11 Å². The molecule has 0 amide bonds. The highest BCUT2D eigenvalue weighted by atomic mass is 79.9. The molecule has 0 fully saturated rings. The van der Waals surface area contributed by atoms with Gasteiger partial charge < -0.3 is 10.4 Å². The average Bonchev–Trinajstić information content (AvgIpc) is 2.95. The first-order valence-electron chi connectivity index (χ1n) is 6.89. The smallest absolute Gasteiger partial charge is 0.120 e. The van der Waals surface area contributed by atoms with Crippen molar-refractivity contribution in [3.63, 3.8) is 0 Å². The summed E-state index contributed by atoms with van der Waals surface area (Å²) in [5, 5.41) is 17.0. The Morgan fingerprint density at radius 1 is 1.19 bits per heavy atom. The van der Waals surface area contributed by atoms with Gasteiger partial charge in [0.15, 0.2) is 0 Å². The van der Waals surface area contributed by atoms with Gasteiger partial charge in [-0.2, -0.15) is 0 Å². The quantitative estimate of drug-likeness (QED) is 0.603. The van der Waals surface area contributed by atoms with Gasteiger partial charge in [0.25, 0.3) is 0 Å². The van der Waals surface area contributed by atoms with Gasteiger partial charge in [0.1, 0.15) is 5.75 Å². The Hall–Kier alpha value is -1.52. The maximum Gasteiger partial charge on any atom is 0.120 e. The molecule has 0 aliphatic rings. The largest absolute Gasteiger partial charge is 0.508 e. The van der Waals surface area contributed by atoms with Crippen LogP contribution in [0, 0.1) is 0 Å². The number of anilines is 1. The van der Waals surface area contributed by atoms with Gasteiger partial charge in [-0.05, 0) is 59.7 Å². The van der Waals surface area contributed by atoms with Gasteiger partial charge in [-0.15, -0.1) is 11.3 Å². The first kappa shape index (κ1) is 14.4. The van der Waals surface area contributed by atoms with Gasteiger partial charge in [0.2, 0.25) is 0 Å². The number of phenolic OH excluding ortho intramolecular Hbond substituents is 1. The molecule has 1 heterocycles. The maximum absolute atomic E-state index is 10.1. The molecule has 0 saturated heterocycles. The molecule has 1 aromatic heterocycles. The Bertz CT molecular complexity index is 768. The number of hydrogen-bond donors (Lipinski definition) is 2. The Morgan fingerprint density at radius 3 is 2.86 bits per heavy atom. The first-order valence-corrected chi connectivity index (χ1v) is 8.57. The predicted molar refractivity (Wildman–Crippen MR) is 94.3 cm³/mol. The Balaban J connectivity index is 1.91. The van der Waals surface area contributed by atoms with E-state index in [1.54, 1.807) is 17.4 Å². The van der Waals surface area contributed by atoms with E-state index < -0.39 is 0 Å². The van der Waals surface area contributed by atoms with Crippen molar-refractivity contribution in [2.24, 2.45) is 0 Å². The van der Waals surface area contributed by atoms with Crippen molar-refractivity contribution in [2.75, 3.05) is 5.32 Å². The van der Waals surface area contributed by atoms with E-state index in [2.05, 4.69) is 57.8 Å². The molecule has 1 atom stereocenters. The second-order valence-corrected chi connectivity index (χ2v) is 6.84. The molecule has 0 spiro atoms. The Kier molecular flexibility index (Phi) is 4.17. The van der Waals surface area contributed by atoms with Crippen LogP contribution in [0.5, 0.6) is 5.75 Å². The second-order valence-electron chi connectivity index (χ2n) is 4.98. The minimum absolute atomic E-state index is 0.0820. The van der Waals surface area contributed by atoms with E-state index in [1.165, 1.54) is 10.1 Å². The highest BCUT2D eigenvalue weighted by molar-refractivity contribution is 9.10. The van der Waals surface area contributed by atoms with Gasteiger partial charge >= 0.3 is 0 Å². The first-order chi connectivity index (χ1) is 10.2. The zero-order valence-corrected chi connectivity index (χ0v) is 14.0. The van der Waals surface area contributed by atoms with E-state index in [1.807, 2.05) is 12.1 Å². The number of rotatable bonds is 4. The summed E-state index contributed by atoms with van der Waals surface area (Å²) in [5.74, 6) is 0.328. The number of thiophene rings is 1. The SMILES string of the molecule is CCC(Nc1ccc2sccc2c1)c1cc(Br)ccc1O. The third-order valence-corrected chi connectivity index (χ3v) is 4.96. The maximum atomic E-state index is 10.1. The molecule has 0 aliphatic carbocycles. The molecule has 0 radical (unpaired) electrons. The summed E-state index contributed by atoms with van der Waals surface area (Å²) < 4.78 is 2.27. The summed E-state index contributed by atoms with van der Waals surface area (Å²) in [6, 6.07) is 14.1. The van der Waals surface area contributed by atoms with E-state index in [0.717, 1.165) is 22.1 Å². The number of benzene rings is 2. The van der Waals surface area contributed by atoms with Crippen LogP contribution in [0.3, 0.4) is 0 Å². The van der Waals surface area contributed by atoms with Crippen molar-refractivity contribution in [1.82, 2.24) is 0 Å². The van der Waals surface area contributed by atoms with Crippen molar-refractivity contribution in [1.29, 1.82) is 0 Å². The van der Waals surface area contributed by atoms with Gasteiger partial charge in [0.05, 0.1) is 6.04 Å². The van der Waals surface area contributed by atoms with Crippen LogP contribution in [0.15, 0.2) is 52.3 Å². The van der Waals surface area contributed by atoms with Crippen LogP contribution in [0.1, 0.15) is 24.9 Å². The van der Waals surface area contributed by atoms with Crippen LogP contribution in [-0.2, 0) is 0 Å². The molecule has 4 heteroatoms. The normalized spacial score (nSPS) is 12.5. The van der Waals surface area contributed by atoms with E-state index in [0.29, 0.717) is 5.75 Å². The summed E-state index contributed by atoms with van der Waals surface area (Å²) in [4.78, 5) is 0. The summed E-state index contributed by atoms with van der Waals surface area (Å²) >= 11 is 5.22. The fraction of sp³-hybridized carbons (Fsp3) is 0.176. The molecule has 2 aromatic carbocycles.